The van der Waals surface area contributed by atoms with Crippen molar-refractivity contribution in [3.8, 4) is 0 Å². The van der Waals surface area contributed by atoms with Crippen molar-refractivity contribution in [2.45, 2.75) is 19.3 Å². The molecule has 2 aromatic carbocycles. The molecule has 0 heterocycles. The Balaban J connectivity index is 2.49. The number of carbonyl (C=O) groups is 1. The maximum Gasteiger partial charge on any atom is 0.175 e. The molecule has 0 saturated carbocycles. The van der Waals surface area contributed by atoms with Crippen LogP contribution in [0.3, 0.4) is 0 Å². The Morgan fingerprint density at radius 2 is 1.80 bits per heavy atom. The molecule has 0 atom stereocenters. The molecular formula is C16H13BrClFO. The van der Waals surface area contributed by atoms with E-state index in [1.54, 1.807) is 13.8 Å². The number of halogens is 3. The van der Waals surface area contributed by atoms with Gasteiger partial charge in [-0.05, 0) is 47.5 Å². The second-order valence-electron chi connectivity index (χ2n) is 5.07. The van der Waals surface area contributed by atoms with Gasteiger partial charge in [0.05, 0.1) is 16.0 Å². The predicted octanol–water partition coefficient (Wildman–Crippen LogP) is 5.40. The van der Waals surface area contributed by atoms with Crippen LogP contribution in [-0.4, -0.2) is 5.78 Å². The van der Waals surface area contributed by atoms with E-state index in [9.17, 15) is 9.18 Å². The number of hydrogen-bond acceptors (Lipinski definition) is 1. The van der Waals surface area contributed by atoms with Crippen molar-refractivity contribution in [3.63, 3.8) is 0 Å². The van der Waals surface area contributed by atoms with Crippen LogP contribution in [0.15, 0.2) is 46.9 Å². The van der Waals surface area contributed by atoms with E-state index >= 15 is 0 Å². The van der Waals surface area contributed by atoms with Crippen molar-refractivity contribution in [2.75, 3.05) is 0 Å². The molecule has 0 amide bonds. The Morgan fingerprint density at radius 3 is 2.40 bits per heavy atom. The normalized spacial score (nSPS) is 11.4. The smallest absolute Gasteiger partial charge is 0.175 e. The minimum Gasteiger partial charge on any atom is -0.293 e. The van der Waals surface area contributed by atoms with Crippen molar-refractivity contribution in [1.82, 2.24) is 0 Å². The Morgan fingerprint density at radius 1 is 1.20 bits per heavy atom. The third-order valence-electron chi connectivity index (χ3n) is 3.32. The van der Waals surface area contributed by atoms with Gasteiger partial charge in [-0.1, -0.05) is 41.9 Å². The van der Waals surface area contributed by atoms with Crippen molar-refractivity contribution in [3.05, 3.63) is 68.9 Å². The standard InChI is InChI=1S/C16H13BrClFO/c1-16(2,10-6-4-3-5-7-10)15(20)11-8-13(18)12(17)9-14(11)19/h3-9H,1-2H3. The highest BCUT2D eigenvalue weighted by atomic mass is 79.9. The van der Waals surface area contributed by atoms with E-state index in [-0.39, 0.29) is 11.3 Å². The minimum absolute atomic E-state index is 0.00653. The van der Waals surface area contributed by atoms with Gasteiger partial charge in [0.1, 0.15) is 5.82 Å². The van der Waals surface area contributed by atoms with Crippen molar-refractivity contribution in [1.29, 1.82) is 0 Å². The predicted molar refractivity (Wildman–Crippen MR) is 82.9 cm³/mol. The molecule has 0 unspecified atom stereocenters. The molecule has 0 N–H and O–H groups in total. The molecular weight excluding hydrogens is 343 g/mol. The van der Waals surface area contributed by atoms with Crippen LogP contribution in [0.4, 0.5) is 4.39 Å². The highest BCUT2D eigenvalue weighted by molar-refractivity contribution is 9.10. The summed E-state index contributed by atoms with van der Waals surface area (Å²) >= 11 is 9.10. The van der Waals surface area contributed by atoms with Gasteiger partial charge >= 0.3 is 0 Å². The molecule has 0 aliphatic rings. The lowest BCUT2D eigenvalue weighted by Crippen LogP contribution is -2.29. The first-order valence-corrected chi connectivity index (χ1v) is 7.26. The number of benzene rings is 2. The van der Waals surface area contributed by atoms with Crippen LogP contribution in [0, 0.1) is 5.82 Å². The lowest BCUT2D eigenvalue weighted by atomic mass is 9.78. The summed E-state index contributed by atoms with van der Waals surface area (Å²) in [5, 5.41) is 0.318. The van der Waals surface area contributed by atoms with E-state index in [4.69, 9.17) is 11.6 Å². The molecule has 0 saturated heterocycles. The van der Waals surface area contributed by atoms with Crippen LogP contribution in [0.2, 0.25) is 5.02 Å². The molecule has 2 rings (SSSR count). The quantitative estimate of drug-likeness (QED) is 0.532. The van der Waals surface area contributed by atoms with Gasteiger partial charge in [-0.3, -0.25) is 4.79 Å². The number of carbonyl (C=O) groups excluding carboxylic acids is 1. The van der Waals surface area contributed by atoms with Gasteiger partial charge in [-0.25, -0.2) is 4.39 Å². The largest absolute Gasteiger partial charge is 0.293 e. The molecule has 1 nitrogen and oxygen atoms in total. The van der Waals surface area contributed by atoms with Crippen LogP contribution >= 0.6 is 27.5 Å². The zero-order valence-electron chi connectivity index (χ0n) is 11.1. The van der Waals surface area contributed by atoms with E-state index in [2.05, 4.69) is 15.9 Å². The summed E-state index contributed by atoms with van der Waals surface area (Å²) in [6, 6.07) is 11.9. The van der Waals surface area contributed by atoms with E-state index in [0.717, 1.165) is 5.56 Å². The van der Waals surface area contributed by atoms with E-state index < -0.39 is 11.2 Å². The molecule has 0 radical (unpaired) electrons. The summed E-state index contributed by atoms with van der Waals surface area (Å²) in [5.74, 6) is -0.870. The van der Waals surface area contributed by atoms with Crippen LogP contribution in [0.25, 0.3) is 0 Å². The molecule has 20 heavy (non-hydrogen) atoms. The van der Waals surface area contributed by atoms with Crippen LogP contribution in [0.5, 0.6) is 0 Å². The van der Waals surface area contributed by atoms with Gasteiger partial charge in [0.15, 0.2) is 5.78 Å². The second kappa shape index (κ2) is 5.66. The molecule has 0 aromatic heterocycles. The van der Waals surface area contributed by atoms with Crippen LogP contribution < -0.4 is 0 Å². The number of Topliss-reactive ketones (excluding diaryl/α,β-unsaturated/α-hetero) is 1. The lowest BCUT2D eigenvalue weighted by Gasteiger charge is -2.24. The van der Waals surface area contributed by atoms with Gasteiger partial charge in [0.2, 0.25) is 0 Å². The summed E-state index contributed by atoms with van der Waals surface area (Å²) in [7, 11) is 0. The maximum absolute atomic E-state index is 14.0. The Bertz CT molecular complexity index is 653. The Kier molecular flexibility index (Phi) is 4.31. The van der Waals surface area contributed by atoms with Gasteiger partial charge in [0, 0.05) is 4.47 Å². The zero-order valence-corrected chi connectivity index (χ0v) is 13.4. The molecule has 0 aliphatic carbocycles. The Hall–Kier alpha value is -1.19. The number of ketones is 1. The maximum atomic E-state index is 14.0. The van der Waals surface area contributed by atoms with E-state index in [0.29, 0.717) is 9.50 Å². The fraction of sp³-hybridized carbons (Fsp3) is 0.188. The number of hydrogen-bond donors (Lipinski definition) is 0. The van der Waals surface area contributed by atoms with Crippen molar-refractivity contribution in [2.24, 2.45) is 0 Å². The fourth-order valence-corrected chi connectivity index (χ4v) is 2.50. The SMILES string of the molecule is CC(C)(C(=O)c1cc(Cl)c(Br)cc1F)c1ccccc1. The fourth-order valence-electron chi connectivity index (χ4n) is 2.02. The third-order valence-corrected chi connectivity index (χ3v) is 4.51. The average molecular weight is 356 g/mol. The molecule has 2 aromatic rings. The summed E-state index contributed by atoms with van der Waals surface area (Å²) in [6.07, 6.45) is 0. The molecule has 104 valence electrons. The molecule has 4 heteroatoms. The Labute approximate surface area is 130 Å². The van der Waals surface area contributed by atoms with Gasteiger partial charge in [0.25, 0.3) is 0 Å². The van der Waals surface area contributed by atoms with Crippen LogP contribution in [0.1, 0.15) is 29.8 Å². The first-order valence-electron chi connectivity index (χ1n) is 6.09. The van der Waals surface area contributed by atoms with E-state index in [1.165, 1.54) is 12.1 Å². The minimum atomic E-state index is -0.820. The summed E-state index contributed by atoms with van der Waals surface area (Å²) in [4.78, 5) is 12.6. The molecule has 0 bridgehead atoms. The summed E-state index contributed by atoms with van der Waals surface area (Å²) in [5.41, 5.74) is 0.0229. The van der Waals surface area contributed by atoms with E-state index in [1.807, 2.05) is 30.3 Å². The van der Waals surface area contributed by atoms with Crippen LogP contribution in [-0.2, 0) is 5.41 Å². The average Bonchev–Trinajstić information content (AvgIpc) is 2.43. The monoisotopic (exact) mass is 354 g/mol. The first-order chi connectivity index (χ1) is 9.34. The topological polar surface area (TPSA) is 17.1 Å². The molecule has 0 fully saturated rings. The van der Waals surface area contributed by atoms with Gasteiger partial charge in [-0.2, -0.15) is 0 Å². The van der Waals surface area contributed by atoms with Gasteiger partial charge in [-0.15, -0.1) is 0 Å². The molecule has 0 spiro atoms. The second-order valence-corrected chi connectivity index (χ2v) is 6.33. The molecule has 0 aliphatic heterocycles. The summed E-state index contributed by atoms with van der Waals surface area (Å²) < 4.78 is 14.5. The first kappa shape index (κ1) is 15.2. The lowest BCUT2D eigenvalue weighted by molar-refractivity contribution is 0.0904. The van der Waals surface area contributed by atoms with Crippen molar-refractivity contribution < 1.29 is 9.18 Å². The van der Waals surface area contributed by atoms with Crippen molar-refractivity contribution >= 4 is 33.3 Å². The van der Waals surface area contributed by atoms with Gasteiger partial charge < -0.3 is 0 Å². The third kappa shape index (κ3) is 2.79. The summed E-state index contributed by atoms with van der Waals surface area (Å²) in [6.45, 7) is 3.56. The highest BCUT2D eigenvalue weighted by Crippen LogP contribution is 2.32. The number of rotatable bonds is 3. The highest BCUT2D eigenvalue weighted by Gasteiger charge is 2.32. The zero-order chi connectivity index (χ0) is 14.9.